The molecule has 0 unspecified atom stereocenters. The van der Waals surface area contributed by atoms with Gasteiger partial charge in [-0.05, 0) is 43.2 Å². The van der Waals surface area contributed by atoms with Crippen LogP contribution in [0.15, 0.2) is 42.5 Å². The molecule has 0 saturated carbocycles. The maximum absolute atomic E-state index is 12.4. The zero-order valence-electron chi connectivity index (χ0n) is 18.0. The first-order valence-corrected chi connectivity index (χ1v) is 11.9. The lowest BCUT2D eigenvalue weighted by atomic mass is 10.1. The minimum absolute atomic E-state index is 0.140. The van der Waals surface area contributed by atoms with Gasteiger partial charge in [0.25, 0.3) is 0 Å². The third-order valence-electron chi connectivity index (χ3n) is 4.97. The molecule has 0 fully saturated rings. The summed E-state index contributed by atoms with van der Waals surface area (Å²) in [5.41, 5.74) is 1.45. The van der Waals surface area contributed by atoms with E-state index in [4.69, 9.17) is 14.2 Å². The third kappa shape index (κ3) is 6.04. The summed E-state index contributed by atoms with van der Waals surface area (Å²) >= 11 is 0. The highest BCUT2D eigenvalue weighted by Gasteiger charge is 2.21. The lowest BCUT2D eigenvalue weighted by molar-refractivity contribution is -0.121. The number of sulfonamides is 1. The van der Waals surface area contributed by atoms with Gasteiger partial charge in [0.1, 0.15) is 19.0 Å². The molecule has 1 aliphatic heterocycles. The number of benzene rings is 2. The van der Waals surface area contributed by atoms with Gasteiger partial charge in [0, 0.05) is 19.0 Å². The van der Waals surface area contributed by atoms with Crippen molar-refractivity contribution in [1.82, 2.24) is 5.32 Å². The molecule has 3 rings (SSSR count). The Bertz CT molecular complexity index is 1010. The Morgan fingerprint density at radius 2 is 1.81 bits per heavy atom. The molecule has 0 spiro atoms. The zero-order chi connectivity index (χ0) is 22.4. The van der Waals surface area contributed by atoms with Crippen molar-refractivity contribution >= 4 is 21.6 Å². The number of anilines is 1. The lowest BCUT2D eigenvalue weighted by Gasteiger charge is -2.25. The van der Waals surface area contributed by atoms with Crippen molar-refractivity contribution in [3.8, 4) is 17.2 Å². The van der Waals surface area contributed by atoms with Gasteiger partial charge in [-0.1, -0.05) is 12.1 Å². The first-order chi connectivity index (χ1) is 14.8. The molecule has 168 valence electrons. The molecule has 9 heteroatoms. The van der Waals surface area contributed by atoms with E-state index in [0.29, 0.717) is 36.8 Å². The smallest absolute Gasteiger partial charge is 0.232 e. The molecule has 0 radical (unpaired) electrons. The van der Waals surface area contributed by atoms with Gasteiger partial charge in [0.15, 0.2) is 11.5 Å². The number of hydrogen-bond donors (Lipinski definition) is 1. The normalized spacial score (nSPS) is 13.9. The van der Waals surface area contributed by atoms with Crippen LogP contribution in [-0.2, 0) is 14.8 Å². The van der Waals surface area contributed by atoms with Crippen LogP contribution in [0.5, 0.6) is 17.2 Å². The fourth-order valence-corrected chi connectivity index (χ4v) is 4.30. The number of carbonyl (C=O) groups excluding carboxylic acids is 1. The van der Waals surface area contributed by atoms with Crippen molar-refractivity contribution < 1.29 is 27.4 Å². The lowest BCUT2D eigenvalue weighted by Crippen LogP contribution is -2.32. The standard InChI is InChI=1S/C22H28N2O6S/c1-16(17-6-9-19(28-2)10-7-17)23-22(25)5-4-12-24(31(3,26)27)18-8-11-20-21(15-18)30-14-13-29-20/h6-11,15-16H,4-5,12-14H2,1-3H3,(H,23,25)/t16-/m1/s1. The molecule has 0 bridgehead atoms. The molecule has 0 aromatic heterocycles. The second-order valence-electron chi connectivity index (χ2n) is 7.33. The zero-order valence-corrected chi connectivity index (χ0v) is 18.8. The Kier molecular flexibility index (Phi) is 7.27. The quantitative estimate of drug-likeness (QED) is 0.634. The average Bonchev–Trinajstić information content (AvgIpc) is 2.75. The van der Waals surface area contributed by atoms with Crippen molar-refractivity contribution in [2.75, 3.05) is 37.4 Å². The van der Waals surface area contributed by atoms with Crippen molar-refractivity contribution in [1.29, 1.82) is 0 Å². The molecule has 1 atom stereocenters. The minimum atomic E-state index is -3.52. The van der Waals surface area contributed by atoms with Gasteiger partial charge >= 0.3 is 0 Å². The molecule has 1 heterocycles. The minimum Gasteiger partial charge on any atom is -0.497 e. The summed E-state index contributed by atoms with van der Waals surface area (Å²) in [4.78, 5) is 12.4. The largest absolute Gasteiger partial charge is 0.497 e. The number of fused-ring (bicyclic) bond motifs is 1. The van der Waals surface area contributed by atoms with Crippen molar-refractivity contribution in [2.45, 2.75) is 25.8 Å². The molecule has 0 saturated heterocycles. The average molecular weight is 449 g/mol. The topological polar surface area (TPSA) is 94.2 Å². The summed E-state index contributed by atoms with van der Waals surface area (Å²) < 4.78 is 42.1. The van der Waals surface area contributed by atoms with E-state index < -0.39 is 10.0 Å². The first-order valence-electron chi connectivity index (χ1n) is 10.1. The fraction of sp³-hybridized carbons (Fsp3) is 0.409. The van der Waals surface area contributed by atoms with Gasteiger partial charge in [0.05, 0.1) is 25.1 Å². The molecule has 31 heavy (non-hydrogen) atoms. The second kappa shape index (κ2) is 9.91. The van der Waals surface area contributed by atoms with E-state index >= 15 is 0 Å². The predicted octanol–water partition coefficient (Wildman–Crippen LogP) is 2.89. The number of nitrogens with zero attached hydrogens (tertiary/aromatic N) is 1. The maximum Gasteiger partial charge on any atom is 0.232 e. The van der Waals surface area contributed by atoms with Crippen LogP contribution >= 0.6 is 0 Å². The van der Waals surface area contributed by atoms with E-state index in [-0.39, 0.29) is 24.9 Å². The molecular weight excluding hydrogens is 420 g/mol. The first kappa shape index (κ1) is 22.7. The highest BCUT2D eigenvalue weighted by atomic mass is 32.2. The van der Waals surface area contributed by atoms with Crippen LogP contribution in [0.4, 0.5) is 5.69 Å². The number of carbonyl (C=O) groups is 1. The van der Waals surface area contributed by atoms with E-state index in [9.17, 15) is 13.2 Å². The molecule has 1 N–H and O–H groups in total. The summed E-state index contributed by atoms with van der Waals surface area (Å²) in [6, 6.07) is 12.4. The number of methoxy groups -OCH3 is 1. The molecule has 0 aliphatic carbocycles. The van der Waals surface area contributed by atoms with E-state index in [2.05, 4.69) is 5.32 Å². The highest BCUT2D eigenvalue weighted by molar-refractivity contribution is 7.92. The van der Waals surface area contributed by atoms with Crippen LogP contribution in [0.25, 0.3) is 0 Å². The molecular formula is C22H28N2O6S. The van der Waals surface area contributed by atoms with Crippen LogP contribution in [0, 0.1) is 0 Å². The second-order valence-corrected chi connectivity index (χ2v) is 9.24. The summed E-state index contributed by atoms with van der Waals surface area (Å²) in [7, 11) is -1.92. The van der Waals surface area contributed by atoms with E-state index in [0.717, 1.165) is 17.6 Å². The third-order valence-corrected chi connectivity index (χ3v) is 6.17. The Morgan fingerprint density at radius 1 is 1.13 bits per heavy atom. The Labute approximate surface area is 183 Å². The van der Waals surface area contributed by atoms with Crippen molar-refractivity contribution in [3.05, 3.63) is 48.0 Å². The molecule has 8 nitrogen and oxygen atoms in total. The van der Waals surface area contributed by atoms with Crippen molar-refractivity contribution in [2.24, 2.45) is 0 Å². The Balaban J connectivity index is 1.57. The maximum atomic E-state index is 12.4. The van der Waals surface area contributed by atoms with Crippen molar-refractivity contribution in [3.63, 3.8) is 0 Å². The number of nitrogens with one attached hydrogen (secondary N) is 1. The van der Waals surface area contributed by atoms with Crippen LogP contribution in [-0.4, -0.2) is 47.4 Å². The Morgan fingerprint density at radius 3 is 2.45 bits per heavy atom. The van der Waals surface area contributed by atoms with Gasteiger partial charge in [-0.15, -0.1) is 0 Å². The number of amides is 1. The van der Waals surface area contributed by atoms with E-state index in [1.165, 1.54) is 4.31 Å². The van der Waals surface area contributed by atoms with Crippen LogP contribution < -0.4 is 23.8 Å². The van der Waals surface area contributed by atoms with Gasteiger partial charge < -0.3 is 19.5 Å². The number of rotatable bonds is 9. The number of hydrogen-bond acceptors (Lipinski definition) is 6. The molecule has 2 aromatic carbocycles. The molecule has 1 amide bonds. The van der Waals surface area contributed by atoms with Crippen LogP contribution in [0.3, 0.4) is 0 Å². The number of ether oxygens (including phenoxy) is 3. The summed E-state index contributed by atoms with van der Waals surface area (Å²) in [5.74, 6) is 1.72. The SMILES string of the molecule is COc1ccc([C@@H](C)NC(=O)CCCN(c2ccc3c(c2)OCCO3)S(C)(=O)=O)cc1. The summed E-state index contributed by atoms with van der Waals surface area (Å²) in [5, 5.41) is 2.94. The summed E-state index contributed by atoms with van der Waals surface area (Å²) in [6.07, 6.45) is 1.73. The van der Waals surface area contributed by atoms with Crippen LogP contribution in [0.1, 0.15) is 31.4 Å². The van der Waals surface area contributed by atoms with Gasteiger partial charge in [-0.25, -0.2) is 8.42 Å². The van der Waals surface area contributed by atoms with E-state index in [1.807, 2.05) is 31.2 Å². The fourth-order valence-electron chi connectivity index (χ4n) is 3.35. The highest BCUT2D eigenvalue weighted by Crippen LogP contribution is 2.34. The molecule has 2 aromatic rings. The van der Waals surface area contributed by atoms with Gasteiger partial charge in [-0.2, -0.15) is 0 Å². The van der Waals surface area contributed by atoms with E-state index in [1.54, 1.807) is 25.3 Å². The van der Waals surface area contributed by atoms with Gasteiger partial charge in [0.2, 0.25) is 15.9 Å². The van der Waals surface area contributed by atoms with Gasteiger partial charge in [-0.3, -0.25) is 9.10 Å². The molecule has 1 aliphatic rings. The monoisotopic (exact) mass is 448 g/mol. The van der Waals surface area contributed by atoms with Crippen LogP contribution in [0.2, 0.25) is 0 Å². The Hall–Kier alpha value is -2.94. The predicted molar refractivity (Wildman–Crippen MR) is 118 cm³/mol. The summed E-state index contributed by atoms with van der Waals surface area (Å²) in [6.45, 7) is 2.97.